The summed E-state index contributed by atoms with van der Waals surface area (Å²) >= 11 is 0. The molecule has 1 aromatic rings. The fourth-order valence-electron chi connectivity index (χ4n) is 3.43. The summed E-state index contributed by atoms with van der Waals surface area (Å²) in [5, 5.41) is 0. The van der Waals surface area contributed by atoms with Crippen LogP contribution in [0.5, 0.6) is 0 Å². The summed E-state index contributed by atoms with van der Waals surface area (Å²) < 4.78 is 5.61. The van der Waals surface area contributed by atoms with E-state index >= 15 is 0 Å². The summed E-state index contributed by atoms with van der Waals surface area (Å²) in [7, 11) is 0. The first-order valence-electron chi connectivity index (χ1n) is 7.15. The second-order valence-corrected chi connectivity index (χ2v) is 7.24. The SMILES string of the molecule is CC1(C)CCC(C)(C)c2cc3c(cc21)CCOC3. The van der Waals surface area contributed by atoms with Gasteiger partial charge in [0, 0.05) is 0 Å². The Bertz CT molecular complexity index is 438. The Labute approximate surface area is 111 Å². The van der Waals surface area contributed by atoms with Gasteiger partial charge in [0.25, 0.3) is 0 Å². The molecule has 0 atom stereocenters. The fraction of sp³-hybridized carbons (Fsp3) is 0.647. The van der Waals surface area contributed by atoms with Crippen LogP contribution in [0.2, 0.25) is 0 Å². The molecule has 3 rings (SSSR count). The average Bonchev–Trinajstić information content (AvgIpc) is 2.34. The highest BCUT2D eigenvalue weighted by Crippen LogP contribution is 2.46. The maximum atomic E-state index is 5.61. The summed E-state index contributed by atoms with van der Waals surface area (Å²) in [6.07, 6.45) is 3.66. The molecule has 0 fully saturated rings. The van der Waals surface area contributed by atoms with Crippen LogP contribution in [0.3, 0.4) is 0 Å². The van der Waals surface area contributed by atoms with Crippen molar-refractivity contribution in [1.82, 2.24) is 0 Å². The normalized spacial score (nSPS) is 24.2. The number of ether oxygens (including phenoxy) is 1. The van der Waals surface area contributed by atoms with E-state index in [2.05, 4.69) is 39.8 Å². The van der Waals surface area contributed by atoms with Crippen molar-refractivity contribution in [2.75, 3.05) is 6.61 Å². The van der Waals surface area contributed by atoms with Crippen LogP contribution in [0.1, 0.15) is 62.8 Å². The van der Waals surface area contributed by atoms with Crippen LogP contribution in [0.15, 0.2) is 12.1 Å². The molecule has 1 heterocycles. The number of fused-ring (bicyclic) bond motifs is 2. The molecule has 0 unspecified atom stereocenters. The second kappa shape index (κ2) is 3.84. The molecule has 1 heteroatoms. The van der Waals surface area contributed by atoms with E-state index in [9.17, 15) is 0 Å². The lowest BCUT2D eigenvalue weighted by Gasteiger charge is -2.42. The first kappa shape index (κ1) is 12.2. The summed E-state index contributed by atoms with van der Waals surface area (Å²) in [6, 6.07) is 4.92. The Balaban J connectivity index is 2.20. The van der Waals surface area contributed by atoms with Crippen LogP contribution in [0.25, 0.3) is 0 Å². The maximum absolute atomic E-state index is 5.61. The van der Waals surface area contributed by atoms with Gasteiger partial charge in [-0.2, -0.15) is 0 Å². The Hall–Kier alpha value is -0.820. The zero-order chi connectivity index (χ0) is 13.0. The van der Waals surface area contributed by atoms with Crippen molar-refractivity contribution in [3.05, 3.63) is 34.4 Å². The fourth-order valence-corrected chi connectivity index (χ4v) is 3.43. The van der Waals surface area contributed by atoms with E-state index in [-0.39, 0.29) is 0 Å². The summed E-state index contributed by atoms with van der Waals surface area (Å²) in [6.45, 7) is 11.3. The van der Waals surface area contributed by atoms with E-state index in [1.165, 1.54) is 24.0 Å². The summed E-state index contributed by atoms with van der Waals surface area (Å²) in [5.74, 6) is 0. The largest absolute Gasteiger partial charge is 0.376 e. The molecule has 18 heavy (non-hydrogen) atoms. The molecule has 0 amide bonds. The standard InChI is InChI=1S/C17H24O/c1-16(2)6-7-17(3,4)15-10-13-11-18-8-5-12(13)9-14(15)16/h9-10H,5-8,11H2,1-4H3. The monoisotopic (exact) mass is 244 g/mol. The molecule has 0 N–H and O–H groups in total. The smallest absolute Gasteiger partial charge is 0.0719 e. The highest BCUT2D eigenvalue weighted by atomic mass is 16.5. The number of hydrogen-bond donors (Lipinski definition) is 0. The highest BCUT2D eigenvalue weighted by Gasteiger charge is 2.37. The predicted molar refractivity (Wildman–Crippen MR) is 75.1 cm³/mol. The molecule has 1 aromatic carbocycles. The molecule has 98 valence electrons. The minimum absolute atomic E-state index is 0.317. The molecule has 2 aliphatic rings. The van der Waals surface area contributed by atoms with Gasteiger partial charge in [-0.1, -0.05) is 39.8 Å². The van der Waals surface area contributed by atoms with Gasteiger partial charge in [-0.05, 0) is 52.3 Å². The van der Waals surface area contributed by atoms with Gasteiger partial charge in [-0.3, -0.25) is 0 Å². The van der Waals surface area contributed by atoms with Crippen LogP contribution in [-0.2, 0) is 28.6 Å². The highest BCUT2D eigenvalue weighted by molar-refractivity contribution is 5.47. The van der Waals surface area contributed by atoms with Crippen LogP contribution in [0, 0.1) is 0 Å². The zero-order valence-electron chi connectivity index (χ0n) is 12.1. The van der Waals surface area contributed by atoms with E-state index in [0.717, 1.165) is 19.6 Å². The first-order valence-corrected chi connectivity index (χ1v) is 7.15. The minimum atomic E-state index is 0.317. The lowest BCUT2D eigenvalue weighted by atomic mass is 9.62. The second-order valence-electron chi connectivity index (χ2n) is 7.24. The van der Waals surface area contributed by atoms with E-state index in [0.29, 0.717) is 10.8 Å². The number of benzene rings is 1. The maximum Gasteiger partial charge on any atom is 0.0719 e. The van der Waals surface area contributed by atoms with Crippen molar-refractivity contribution in [3.63, 3.8) is 0 Å². The van der Waals surface area contributed by atoms with Gasteiger partial charge in [0.05, 0.1) is 13.2 Å². The Morgan fingerprint density at radius 3 is 2.06 bits per heavy atom. The first-order chi connectivity index (χ1) is 8.40. The third-order valence-corrected chi connectivity index (χ3v) is 4.95. The Morgan fingerprint density at radius 1 is 0.889 bits per heavy atom. The predicted octanol–water partition coefficient (Wildman–Crippen LogP) is 4.11. The van der Waals surface area contributed by atoms with Gasteiger partial charge in [0.2, 0.25) is 0 Å². The minimum Gasteiger partial charge on any atom is -0.376 e. The lowest BCUT2D eigenvalue weighted by Crippen LogP contribution is -2.34. The molecule has 0 saturated heterocycles. The van der Waals surface area contributed by atoms with Crippen LogP contribution in [0.4, 0.5) is 0 Å². The molecule has 0 saturated carbocycles. The van der Waals surface area contributed by atoms with Crippen molar-refractivity contribution >= 4 is 0 Å². The molecule has 0 radical (unpaired) electrons. The van der Waals surface area contributed by atoms with E-state index in [4.69, 9.17) is 4.74 Å². The van der Waals surface area contributed by atoms with Crippen LogP contribution >= 0.6 is 0 Å². The van der Waals surface area contributed by atoms with Gasteiger partial charge in [0.15, 0.2) is 0 Å². The van der Waals surface area contributed by atoms with E-state index in [1.807, 2.05) is 0 Å². The van der Waals surface area contributed by atoms with Gasteiger partial charge in [-0.25, -0.2) is 0 Å². The molecule has 1 aliphatic carbocycles. The number of hydrogen-bond acceptors (Lipinski definition) is 1. The van der Waals surface area contributed by atoms with E-state index < -0.39 is 0 Å². The van der Waals surface area contributed by atoms with Crippen molar-refractivity contribution in [2.24, 2.45) is 0 Å². The van der Waals surface area contributed by atoms with Crippen molar-refractivity contribution in [3.8, 4) is 0 Å². The average molecular weight is 244 g/mol. The summed E-state index contributed by atoms with van der Waals surface area (Å²) in [4.78, 5) is 0. The van der Waals surface area contributed by atoms with Gasteiger partial charge < -0.3 is 4.74 Å². The van der Waals surface area contributed by atoms with Crippen LogP contribution < -0.4 is 0 Å². The molecule has 1 aliphatic heterocycles. The zero-order valence-corrected chi connectivity index (χ0v) is 12.1. The lowest BCUT2D eigenvalue weighted by molar-refractivity contribution is 0.110. The summed E-state index contributed by atoms with van der Waals surface area (Å²) in [5.41, 5.74) is 6.73. The molecular formula is C17H24O. The topological polar surface area (TPSA) is 9.23 Å². The van der Waals surface area contributed by atoms with Crippen molar-refractivity contribution < 1.29 is 4.74 Å². The molecule has 1 nitrogen and oxygen atoms in total. The third kappa shape index (κ3) is 1.80. The molecule has 0 bridgehead atoms. The van der Waals surface area contributed by atoms with Crippen molar-refractivity contribution in [2.45, 2.75) is 64.4 Å². The van der Waals surface area contributed by atoms with Crippen molar-refractivity contribution in [1.29, 1.82) is 0 Å². The molecule has 0 aromatic heterocycles. The molecular weight excluding hydrogens is 220 g/mol. The van der Waals surface area contributed by atoms with Gasteiger partial charge >= 0.3 is 0 Å². The van der Waals surface area contributed by atoms with Gasteiger partial charge in [0.1, 0.15) is 0 Å². The number of rotatable bonds is 0. The third-order valence-electron chi connectivity index (χ3n) is 4.95. The van der Waals surface area contributed by atoms with Crippen LogP contribution in [-0.4, -0.2) is 6.61 Å². The molecule has 0 spiro atoms. The Kier molecular flexibility index (Phi) is 2.60. The van der Waals surface area contributed by atoms with E-state index in [1.54, 1.807) is 11.1 Å². The quantitative estimate of drug-likeness (QED) is 0.667. The Morgan fingerprint density at radius 2 is 1.44 bits per heavy atom. The van der Waals surface area contributed by atoms with Gasteiger partial charge in [-0.15, -0.1) is 0 Å².